The van der Waals surface area contributed by atoms with Gasteiger partial charge in [0.25, 0.3) is 0 Å². The second-order valence-electron chi connectivity index (χ2n) is 6.88. The maximum atomic E-state index is 12.6. The number of carbonyl (C=O) groups excluding carboxylic acids is 2. The number of hydrogen-bond donors (Lipinski definition) is 2. The molecule has 7 nitrogen and oxygen atoms in total. The summed E-state index contributed by atoms with van der Waals surface area (Å²) in [6, 6.07) is 6.86. The van der Waals surface area contributed by atoms with Crippen molar-refractivity contribution in [2.45, 2.75) is 52.5 Å². The lowest BCUT2D eigenvalue weighted by Gasteiger charge is -2.21. The van der Waals surface area contributed by atoms with Crippen molar-refractivity contribution in [2.75, 3.05) is 12.4 Å². The third-order valence-electron chi connectivity index (χ3n) is 4.27. The molecule has 0 spiro atoms. The molecule has 1 aromatic carbocycles. The smallest absolute Gasteiger partial charge is 0.249 e. The van der Waals surface area contributed by atoms with Crippen molar-refractivity contribution < 1.29 is 14.3 Å². The number of aromatic nitrogens is 2. The van der Waals surface area contributed by atoms with E-state index in [1.807, 2.05) is 38.1 Å². The number of nitrogens with one attached hydrogen (secondary N) is 2. The van der Waals surface area contributed by atoms with Crippen LogP contribution in [0.3, 0.4) is 0 Å². The van der Waals surface area contributed by atoms with Crippen LogP contribution in [0.5, 0.6) is 5.75 Å². The molecule has 2 aromatic rings. The van der Waals surface area contributed by atoms with Crippen molar-refractivity contribution in [3.8, 4) is 16.3 Å². The van der Waals surface area contributed by atoms with Crippen LogP contribution < -0.4 is 15.4 Å². The average Bonchev–Trinajstić information content (AvgIpc) is 3.14. The molecule has 2 amide bonds. The number of carbonyl (C=O) groups is 2. The lowest BCUT2D eigenvalue weighted by Crippen LogP contribution is -2.47. The van der Waals surface area contributed by atoms with E-state index < -0.39 is 6.04 Å². The highest BCUT2D eigenvalue weighted by Crippen LogP contribution is 2.28. The third kappa shape index (κ3) is 6.30. The van der Waals surface area contributed by atoms with Gasteiger partial charge in [0.2, 0.25) is 16.9 Å². The van der Waals surface area contributed by atoms with Gasteiger partial charge in [0.15, 0.2) is 0 Å². The topological polar surface area (TPSA) is 93.2 Å². The highest BCUT2D eigenvalue weighted by atomic mass is 32.1. The maximum absolute atomic E-state index is 12.6. The van der Waals surface area contributed by atoms with Crippen LogP contribution in [0, 0.1) is 5.92 Å². The van der Waals surface area contributed by atoms with Crippen LogP contribution in [0.15, 0.2) is 24.3 Å². The number of nitrogens with zero attached hydrogens (tertiary/aromatic N) is 2. The minimum absolute atomic E-state index is 0.0379. The van der Waals surface area contributed by atoms with Crippen molar-refractivity contribution in [3.63, 3.8) is 0 Å². The Bertz CT molecular complexity index is 774. The van der Waals surface area contributed by atoms with E-state index in [1.54, 1.807) is 7.11 Å². The molecular formula is C20H28N4O3S. The molecule has 1 heterocycles. The van der Waals surface area contributed by atoms with Gasteiger partial charge in [-0.1, -0.05) is 44.9 Å². The Hall–Kier alpha value is -2.48. The van der Waals surface area contributed by atoms with Gasteiger partial charge in [-0.3, -0.25) is 14.9 Å². The molecule has 0 aliphatic carbocycles. The average molecular weight is 405 g/mol. The van der Waals surface area contributed by atoms with Crippen LogP contribution in [0.4, 0.5) is 5.13 Å². The van der Waals surface area contributed by atoms with Crippen LogP contribution in [-0.2, 0) is 9.59 Å². The molecule has 0 saturated carbocycles. The molecule has 0 aliphatic rings. The number of unbranched alkanes of at least 4 members (excludes halogenated alkanes) is 2. The zero-order valence-electron chi connectivity index (χ0n) is 16.8. The summed E-state index contributed by atoms with van der Waals surface area (Å²) < 4.78 is 5.15. The van der Waals surface area contributed by atoms with E-state index in [9.17, 15) is 9.59 Å². The highest BCUT2D eigenvalue weighted by molar-refractivity contribution is 7.18. The number of amides is 2. The fourth-order valence-corrected chi connectivity index (χ4v) is 3.38. The molecule has 28 heavy (non-hydrogen) atoms. The molecule has 0 bridgehead atoms. The largest absolute Gasteiger partial charge is 0.497 e. The predicted octanol–water partition coefficient (Wildman–Crippen LogP) is 3.87. The summed E-state index contributed by atoms with van der Waals surface area (Å²) in [5.41, 5.74) is 0.892. The van der Waals surface area contributed by atoms with Gasteiger partial charge >= 0.3 is 0 Å². The van der Waals surface area contributed by atoms with E-state index in [1.165, 1.54) is 11.3 Å². The first-order chi connectivity index (χ1) is 13.4. The standard InChI is InChI=1S/C20H28N4O3S/c1-5-6-7-8-16(25)21-17(13(2)3)18(26)22-20-24-23-19(28-20)14-9-11-15(27-4)12-10-14/h9-13,17H,5-8H2,1-4H3,(H,21,25)(H,22,24,26)/t17-/m0/s1. The Morgan fingerprint density at radius 1 is 1.14 bits per heavy atom. The quantitative estimate of drug-likeness (QED) is 0.586. The van der Waals surface area contributed by atoms with Crippen molar-refractivity contribution in [1.82, 2.24) is 15.5 Å². The maximum Gasteiger partial charge on any atom is 0.249 e. The number of anilines is 1. The molecule has 2 rings (SSSR count). The monoisotopic (exact) mass is 404 g/mol. The lowest BCUT2D eigenvalue weighted by molar-refractivity contribution is -0.127. The Morgan fingerprint density at radius 3 is 2.46 bits per heavy atom. The van der Waals surface area contributed by atoms with E-state index in [2.05, 4.69) is 27.8 Å². The number of methoxy groups -OCH3 is 1. The summed E-state index contributed by atoms with van der Waals surface area (Å²) in [7, 11) is 1.61. The van der Waals surface area contributed by atoms with E-state index in [-0.39, 0.29) is 17.7 Å². The lowest BCUT2D eigenvalue weighted by atomic mass is 10.0. The van der Waals surface area contributed by atoms with E-state index in [4.69, 9.17) is 4.74 Å². The summed E-state index contributed by atoms with van der Waals surface area (Å²) in [5, 5.41) is 14.9. The van der Waals surface area contributed by atoms with E-state index in [0.717, 1.165) is 30.6 Å². The first-order valence-electron chi connectivity index (χ1n) is 9.52. The Balaban J connectivity index is 1.99. The molecule has 152 valence electrons. The molecule has 8 heteroatoms. The Labute approximate surface area is 169 Å². The van der Waals surface area contributed by atoms with Crippen LogP contribution in [0.1, 0.15) is 46.5 Å². The fourth-order valence-electron chi connectivity index (χ4n) is 2.62. The minimum Gasteiger partial charge on any atom is -0.497 e. The third-order valence-corrected chi connectivity index (χ3v) is 5.15. The molecule has 0 saturated heterocycles. The zero-order chi connectivity index (χ0) is 20.5. The van der Waals surface area contributed by atoms with Gasteiger partial charge in [0.1, 0.15) is 16.8 Å². The van der Waals surface area contributed by atoms with Gasteiger partial charge < -0.3 is 10.1 Å². The minimum atomic E-state index is -0.609. The molecule has 1 atom stereocenters. The molecule has 2 N–H and O–H groups in total. The van der Waals surface area contributed by atoms with Crippen LogP contribution in [0.25, 0.3) is 10.6 Å². The van der Waals surface area contributed by atoms with E-state index >= 15 is 0 Å². The number of rotatable bonds is 10. The summed E-state index contributed by atoms with van der Waals surface area (Å²) in [5.74, 6) is 0.343. The van der Waals surface area contributed by atoms with Crippen LogP contribution in [0.2, 0.25) is 0 Å². The van der Waals surface area contributed by atoms with Gasteiger partial charge in [-0.2, -0.15) is 0 Å². The zero-order valence-corrected chi connectivity index (χ0v) is 17.6. The second-order valence-corrected chi connectivity index (χ2v) is 7.85. The summed E-state index contributed by atoms with van der Waals surface area (Å²) >= 11 is 1.28. The number of ether oxygens (including phenoxy) is 1. The summed E-state index contributed by atoms with van der Waals surface area (Å²) in [6.07, 6.45) is 3.32. The van der Waals surface area contributed by atoms with Crippen molar-refractivity contribution in [2.24, 2.45) is 5.92 Å². The number of benzene rings is 1. The van der Waals surface area contributed by atoms with Gasteiger partial charge in [0, 0.05) is 12.0 Å². The second kappa shape index (κ2) is 10.8. The van der Waals surface area contributed by atoms with Gasteiger partial charge in [0.05, 0.1) is 7.11 Å². The van der Waals surface area contributed by atoms with Crippen molar-refractivity contribution in [1.29, 1.82) is 0 Å². The molecule has 1 aromatic heterocycles. The normalized spacial score (nSPS) is 11.9. The SMILES string of the molecule is CCCCCC(=O)N[C@H](C(=O)Nc1nnc(-c2ccc(OC)cc2)s1)C(C)C. The van der Waals surface area contributed by atoms with E-state index in [0.29, 0.717) is 16.6 Å². The molecule has 0 fully saturated rings. The summed E-state index contributed by atoms with van der Waals surface area (Å²) in [4.78, 5) is 24.7. The molecule has 0 radical (unpaired) electrons. The van der Waals surface area contributed by atoms with Gasteiger partial charge in [-0.25, -0.2) is 0 Å². The predicted molar refractivity (Wildman–Crippen MR) is 111 cm³/mol. The first-order valence-corrected chi connectivity index (χ1v) is 10.3. The molecular weight excluding hydrogens is 376 g/mol. The van der Waals surface area contributed by atoms with Crippen molar-refractivity contribution in [3.05, 3.63) is 24.3 Å². The first kappa shape index (κ1) is 21.8. The summed E-state index contributed by atoms with van der Waals surface area (Å²) in [6.45, 7) is 5.89. The highest BCUT2D eigenvalue weighted by Gasteiger charge is 2.25. The van der Waals surface area contributed by atoms with Gasteiger partial charge in [-0.05, 0) is 36.6 Å². The Kier molecular flexibility index (Phi) is 8.38. The van der Waals surface area contributed by atoms with Crippen molar-refractivity contribution >= 4 is 28.3 Å². The van der Waals surface area contributed by atoms with Gasteiger partial charge in [-0.15, -0.1) is 10.2 Å². The van der Waals surface area contributed by atoms with Crippen LogP contribution >= 0.6 is 11.3 Å². The van der Waals surface area contributed by atoms with Crippen LogP contribution in [-0.4, -0.2) is 35.2 Å². The fraction of sp³-hybridized carbons (Fsp3) is 0.500. The molecule has 0 aliphatic heterocycles. The number of hydrogen-bond acceptors (Lipinski definition) is 6. The molecule has 0 unspecified atom stereocenters. The Morgan fingerprint density at radius 2 is 1.86 bits per heavy atom.